The summed E-state index contributed by atoms with van der Waals surface area (Å²) in [5.74, 6) is 0.123. The molecule has 0 fully saturated rings. The Labute approximate surface area is 152 Å². The van der Waals surface area contributed by atoms with Crippen molar-refractivity contribution in [2.45, 2.75) is 31.2 Å². The third-order valence-electron chi connectivity index (χ3n) is 4.25. The maximum Gasteiger partial charge on any atom is 0.240 e. The van der Waals surface area contributed by atoms with Crippen molar-refractivity contribution in [1.82, 2.24) is 14.9 Å². The Morgan fingerprint density at radius 2 is 1.88 bits per heavy atom. The van der Waals surface area contributed by atoms with Crippen LogP contribution in [0.15, 0.2) is 53.7 Å². The van der Waals surface area contributed by atoms with Crippen LogP contribution in [0.4, 0.5) is 0 Å². The first kappa shape index (κ1) is 17.5. The summed E-state index contributed by atoms with van der Waals surface area (Å²) < 4.78 is 0. The first-order valence-electron chi connectivity index (χ1n) is 8.59. The molecule has 0 aliphatic heterocycles. The van der Waals surface area contributed by atoms with E-state index in [1.807, 2.05) is 61.2 Å². The largest absolute Gasteiger partial charge is 0.342 e. The quantitative estimate of drug-likeness (QED) is 0.660. The summed E-state index contributed by atoms with van der Waals surface area (Å²) in [4.78, 5) is 22.9. The molecule has 1 heterocycles. The number of hydrogen-bond donors (Lipinski definition) is 1. The van der Waals surface area contributed by atoms with Crippen LogP contribution < -0.4 is 0 Å². The first-order valence-corrected chi connectivity index (χ1v) is 9.47. The number of thioether (sulfide) groups is 1. The lowest BCUT2D eigenvalue weighted by Crippen LogP contribution is -2.33. The van der Waals surface area contributed by atoms with Gasteiger partial charge in [-0.15, -0.1) is 0 Å². The minimum absolute atomic E-state index is 0.123. The van der Waals surface area contributed by atoms with Gasteiger partial charge in [0.05, 0.1) is 11.0 Å². The van der Waals surface area contributed by atoms with E-state index in [2.05, 4.69) is 23.0 Å². The van der Waals surface area contributed by atoms with Crippen molar-refractivity contribution < 1.29 is 4.79 Å². The van der Waals surface area contributed by atoms with Crippen LogP contribution >= 0.6 is 11.8 Å². The van der Waals surface area contributed by atoms with Gasteiger partial charge < -0.3 is 9.88 Å². The number of carbonyl (C=O) groups is 1. The molecule has 3 aromatic rings. The molecule has 1 N–H and O–H groups in total. The van der Waals surface area contributed by atoms with Crippen molar-refractivity contribution >= 4 is 28.7 Å². The maximum atomic E-state index is 13.0. The minimum atomic E-state index is -0.303. The number of hydrogen-bond acceptors (Lipinski definition) is 3. The normalized spacial score (nSPS) is 12.3. The van der Waals surface area contributed by atoms with Crippen LogP contribution in [0, 0.1) is 6.92 Å². The number of aryl methyl sites for hydroxylation is 1. The van der Waals surface area contributed by atoms with Gasteiger partial charge in [-0.25, -0.2) is 4.98 Å². The zero-order valence-electron chi connectivity index (χ0n) is 14.8. The molecule has 0 aliphatic carbocycles. The molecule has 3 rings (SSSR count). The molecule has 4 nitrogen and oxygen atoms in total. The third-order valence-corrected chi connectivity index (χ3v) is 5.37. The summed E-state index contributed by atoms with van der Waals surface area (Å²) in [6.07, 6.45) is 0. The number of H-pyrrole nitrogens is 1. The lowest BCUT2D eigenvalue weighted by molar-refractivity contribution is -0.130. The van der Waals surface area contributed by atoms with E-state index in [1.54, 1.807) is 0 Å². The fraction of sp³-hybridized carbons (Fsp3) is 0.300. The lowest BCUT2D eigenvalue weighted by Gasteiger charge is -2.24. The Kier molecular flexibility index (Phi) is 5.43. The number of aromatic amines is 1. The molecular formula is C20H23N3OS. The molecule has 1 aromatic heterocycles. The minimum Gasteiger partial charge on any atom is -0.342 e. The van der Waals surface area contributed by atoms with Gasteiger partial charge in [-0.05, 0) is 44.0 Å². The Hall–Kier alpha value is -2.27. The number of fused-ring (bicyclic) bond motifs is 1. The van der Waals surface area contributed by atoms with Crippen LogP contribution in [-0.4, -0.2) is 33.9 Å². The lowest BCUT2D eigenvalue weighted by atomic mass is 10.1. The van der Waals surface area contributed by atoms with Gasteiger partial charge in [0.15, 0.2) is 5.16 Å². The highest BCUT2D eigenvalue weighted by atomic mass is 32.2. The van der Waals surface area contributed by atoms with Gasteiger partial charge in [-0.1, -0.05) is 48.2 Å². The van der Waals surface area contributed by atoms with Crippen LogP contribution in [-0.2, 0) is 4.79 Å². The molecule has 0 aliphatic rings. The smallest absolute Gasteiger partial charge is 0.240 e. The molecule has 0 saturated carbocycles. The fourth-order valence-corrected chi connectivity index (χ4v) is 3.94. The molecule has 0 spiro atoms. The molecular weight excluding hydrogens is 330 g/mol. The van der Waals surface area contributed by atoms with Crippen LogP contribution in [0.2, 0.25) is 0 Å². The van der Waals surface area contributed by atoms with Crippen LogP contribution in [0.5, 0.6) is 0 Å². The van der Waals surface area contributed by atoms with Crippen molar-refractivity contribution in [3.8, 4) is 0 Å². The topological polar surface area (TPSA) is 49.0 Å². The predicted molar refractivity (Wildman–Crippen MR) is 104 cm³/mol. The molecule has 0 bridgehead atoms. The Bertz CT molecular complexity index is 856. The van der Waals surface area contributed by atoms with Crippen molar-refractivity contribution in [3.63, 3.8) is 0 Å². The Morgan fingerprint density at radius 1 is 1.16 bits per heavy atom. The number of nitrogens with zero attached hydrogens (tertiary/aromatic N) is 2. The van der Waals surface area contributed by atoms with E-state index in [0.717, 1.165) is 21.8 Å². The molecule has 1 amide bonds. The van der Waals surface area contributed by atoms with E-state index >= 15 is 0 Å². The number of aromatic nitrogens is 2. The average Bonchev–Trinajstić information content (AvgIpc) is 3.03. The van der Waals surface area contributed by atoms with E-state index in [9.17, 15) is 4.79 Å². The second-order valence-electron chi connectivity index (χ2n) is 5.98. The summed E-state index contributed by atoms with van der Waals surface area (Å²) in [7, 11) is 0. The van der Waals surface area contributed by atoms with Gasteiger partial charge in [0.25, 0.3) is 0 Å². The number of carbonyl (C=O) groups excluding carboxylic acids is 1. The monoisotopic (exact) mass is 353 g/mol. The van der Waals surface area contributed by atoms with E-state index in [4.69, 9.17) is 0 Å². The van der Waals surface area contributed by atoms with E-state index in [0.29, 0.717) is 13.1 Å². The Balaban J connectivity index is 1.94. The highest BCUT2D eigenvalue weighted by molar-refractivity contribution is 8.00. The second kappa shape index (κ2) is 7.74. The van der Waals surface area contributed by atoms with Gasteiger partial charge in [-0.3, -0.25) is 4.79 Å². The van der Waals surface area contributed by atoms with Gasteiger partial charge in [0.1, 0.15) is 5.25 Å². The summed E-state index contributed by atoms with van der Waals surface area (Å²) in [5, 5.41) is 0.470. The summed E-state index contributed by atoms with van der Waals surface area (Å²) in [5.41, 5.74) is 4.12. The molecule has 130 valence electrons. The standard InChI is InChI=1S/C20H23N3OS/c1-4-23(5-2)19(24)18(15-9-7-6-8-10-15)25-20-21-16-12-11-14(3)13-17(16)22-20/h6-13,18H,4-5H2,1-3H3,(H,21,22)/t18-/m1/s1. The van der Waals surface area contributed by atoms with Crippen molar-refractivity contribution in [2.24, 2.45) is 0 Å². The zero-order chi connectivity index (χ0) is 17.8. The molecule has 5 heteroatoms. The van der Waals surface area contributed by atoms with Gasteiger partial charge in [0, 0.05) is 13.1 Å². The van der Waals surface area contributed by atoms with Gasteiger partial charge >= 0.3 is 0 Å². The highest BCUT2D eigenvalue weighted by Gasteiger charge is 2.26. The van der Waals surface area contributed by atoms with E-state index in [1.165, 1.54) is 17.3 Å². The van der Waals surface area contributed by atoms with Crippen molar-refractivity contribution in [1.29, 1.82) is 0 Å². The molecule has 0 radical (unpaired) electrons. The summed E-state index contributed by atoms with van der Waals surface area (Å²) in [6.45, 7) is 7.50. The molecule has 25 heavy (non-hydrogen) atoms. The Morgan fingerprint density at radius 3 is 2.56 bits per heavy atom. The average molecular weight is 353 g/mol. The highest BCUT2D eigenvalue weighted by Crippen LogP contribution is 2.36. The SMILES string of the molecule is CCN(CC)C(=O)[C@H](Sc1nc2ccc(C)cc2[nH]1)c1ccccc1. The molecule has 0 saturated heterocycles. The van der Waals surface area contributed by atoms with Crippen LogP contribution in [0.3, 0.4) is 0 Å². The van der Waals surface area contributed by atoms with Gasteiger partial charge in [0.2, 0.25) is 5.91 Å². The van der Waals surface area contributed by atoms with E-state index < -0.39 is 0 Å². The first-order chi connectivity index (χ1) is 12.1. The number of likely N-dealkylation sites (N-methyl/N-ethyl adjacent to an activating group) is 1. The maximum absolute atomic E-state index is 13.0. The summed E-state index contributed by atoms with van der Waals surface area (Å²) in [6, 6.07) is 16.1. The molecule has 2 aromatic carbocycles. The van der Waals surface area contributed by atoms with Crippen molar-refractivity contribution in [2.75, 3.05) is 13.1 Å². The fourth-order valence-electron chi connectivity index (χ4n) is 2.86. The molecule has 1 atom stereocenters. The van der Waals surface area contributed by atoms with Crippen LogP contribution in [0.25, 0.3) is 11.0 Å². The van der Waals surface area contributed by atoms with E-state index in [-0.39, 0.29) is 11.2 Å². The van der Waals surface area contributed by atoms with Crippen molar-refractivity contribution in [3.05, 3.63) is 59.7 Å². The number of rotatable bonds is 6. The predicted octanol–water partition coefficient (Wildman–Crippen LogP) is 4.57. The third kappa shape index (κ3) is 3.87. The van der Waals surface area contributed by atoms with Crippen LogP contribution in [0.1, 0.15) is 30.2 Å². The molecule has 0 unspecified atom stereocenters. The number of amides is 1. The number of nitrogens with one attached hydrogen (secondary N) is 1. The second-order valence-corrected chi connectivity index (χ2v) is 7.08. The number of imidazole rings is 1. The summed E-state index contributed by atoms with van der Waals surface area (Å²) >= 11 is 1.48. The van der Waals surface area contributed by atoms with Gasteiger partial charge in [-0.2, -0.15) is 0 Å². The zero-order valence-corrected chi connectivity index (χ0v) is 15.6. The number of benzene rings is 2.